The van der Waals surface area contributed by atoms with Gasteiger partial charge in [0.1, 0.15) is 5.82 Å². The van der Waals surface area contributed by atoms with Crippen molar-refractivity contribution in [3.05, 3.63) is 60.4 Å². The molecule has 29 heavy (non-hydrogen) atoms. The van der Waals surface area contributed by atoms with Crippen LogP contribution in [0, 0.1) is 0 Å². The van der Waals surface area contributed by atoms with E-state index in [1.54, 1.807) is 4.57 Å². The number of para-hydroxylation sites is 1. The molecule has 0 spiro atoms. The highest BCUT2D eigenvalue weighted by atomic mass is 32.2. The van der Waals surface area contributed by atoms with E-state index in [1.807, 2.05) is 68.6 Å². The number of carbonyl (C=O) groups excluding carboxylic acids is 2. The zero-order valence-corrected chi connectivity index (χ0v) is 17.1. The highest BCUT2D eigenvalue weighted by Gasteiger charge is 2.20. The first-order chi connectivity index (χ1) is 14.0. The predicted octanol–water partition coefficient (Wildman–Crippen LogP) is 3.02. The van der Waals surface area contributed by atoms with E-state index in [0.29, 0.717) is 17.4 Å². The summed E-state index contributed by atoms with van der Waals surface area (Å²) in [5.74, 6) is 0.153. The van der Waals surface area contributed by atoms with Crippen molar-refractivity contribution >= 4 is 29.3 Å². The fraction of sp³-hybridized carbons (Fsp3) is 0.238. The third kappa shape index (κ3) is 5.23. The number of nitrogens with two attached hydrogens (primary N) is 1. The molecule has 0 fully saturated rings. The number of hydrogen-bond donors (Lipinski definition) is 2. The molecule has 1 atom stereocenters. The largest absolute Gasteiger partial charge is 0.370 e. The second-order valence-corrected chi connectivity index (χ2v) is 7.89. The lowest BCUT2D eigenvalue weighted by atomic mass is 10.0. The quantitative estimate of drug-likeness (QED) is 0.557. The molecule has 1 heterocycles. The number of anilines is 1. The summed E-state index contributed by atoms with van der Waals surface area (Å²) in [4.78, 5) is 23.8. The van der Waals surface area contributed by atoms with Gasteiger partial charge in [-0.1, -0.05) is 60.3 Å². The Hall–Kier alpha value is -3.13. The molecule has 0 saturated carbocycles. The molecule has 0 unspecified atom stereocenters. The van der Waals surface area contributed by atoms with Crippen LogP contribution in [0.2, 0.25) is 0 Å². The highest BCUT2D eigenvalue weighted by molar-refractivity contribution is 8.00. The van der Waals surface area contributed by atoms with E-state index in [1.165, 1.54) is 11.8 Å². The topological polar surface area (TPSA) is 103 Å². The van der Waals surface area contributed by atoms with Gasteiger partial charge in [0.15, 0.2) is 5.16 Å². The minimum absolute atomic E-state index is 0.125. The minimum Gasteiger partial charge on any atom is -0.370 e. The fourth-order valence-corrected chi connectivity index (χ4v) is 3.64. The molecule has 0 aliphatic carbocycles. The van der Waals surface area contributed by atoms with Crippen LogP contribution < -0.4 is 11.1 Å². The number of hydrogen-bond acceptors (Lipinski definition) is 5. The van der Waals surface area contributed by atoms with Crippen molar-refractivity contribution in [3.63, 3.8) is 0 Å². The Labute approximate surface area is 173 Å². The standard InChI is InChI=1S/C21H23N5O2S/c1-14(29-21-25-24-19(26(21)2)13-12-18(22)27)20(28)23-17-11-7-6-10-16(17)15-8-4-3-5-9-15/h3-11,14H,12-13H2,1-2H3,(H2,22,27)(H,23,28)/t14-/m1/s1. The number of aryl methyl sites for hydroxylation is 1. The van der Waals surface area contributed by atoms with Crippen LogP contribution in [-0.4, -0.2) is 31.8 Å². The molecular weight excluding hydrogens is 386 g/mol. The van der Waals surface area contributed by atoms with Crippen molar-refractivity contribution in [2.45, 2.75) is 30.2 Å². The molecule has 150 valence electrons. The van der Waals surface area contributed by atoms with E-state index in [9.17, 15) is 9.59 Å². The van der Waals surface area contributed by atoms with E-state index in [-0.39, 0.29) is 23.5 Å². The lowest BCUT2D eigenvalue weighted by Gasteiger charge is -2.14. The average Bonchev–Trinajstić information content (AvgIpc) is 3.06. The number of thioether (sulfide) groups is 1. The van der Waals surface area contributed by atoms with Gasteiger partial charge in [0.2, 0.25) is 11.8 Å². The van der Waals surface area contributed by atoms with Gasteiger partial charge in [-0.25, -0.2) is 0 Å². The molecule has 2 aromatic carbocycles. The Bertz CT molecular complexity index is 1000. The van der Waals surface area contributed by atoms with Crippen molar-refractivity contribution in [1.82, 2.24) is 14.8 Å². The number of aromatic nitrogens is 3. The molecule has 0 aliphatic rings. The Morgan fingerprint density at radius 2 is 1.79 bits per heavy atom. The molecule has 7 nitrogen and oxygen atoms in total. The minimum atomic E-state index is -0.384. The third-order valence-corrected chi connectivity index (χ3v) is 5.58. The molecular formula is C21H23N5O2S. The second kappa shape index (κ2) is 9.38. The van der Waals surface area contributed by atoms with Crippen LogP contribution in [0.3, 0.4) is 0 Å². The van der Waals surface area contributed by atoms with Gasteiger partial charge in [0.05, 0.1) is 5.25 Å². The van der Waals surface area contributed by atoms with E-state index in [0.717, 1.165) is 16.8 Å². The molecule has 3 aromatic rings. The van der Waals surface area contributed by atoms with Crippen molar-refractivity contribution in [1.29, 1.82) is 0 Å². The molecule has 0 saturated heterocycles. The number of carbonyl (C=O) groups is 2. The number of benzene rings is 2. The lowest BCUT2D eigenvalue weighted by Crippen LogP contribution is -2.23. The molecule has 2 amide bonds. The molecule has 3 N–H and O–H groups in total. The maximum atomic E-state index is 12.8. The van der Waals surface area contributed by atoms with Crippen LogP contribution in [0.15, 0.2) is 59.8 Å². The van der Waals surface area contributed by atoms with Crippen LogP contribution in [0.4, 0.5) is 5.69 Å². The Balaban J connectivity index is 1.69. The number of rotatable bonds is 8. The molecule has 8 heteroatoms. The van der Waals surface area contributed by atoms with Crippen molar-refractivity contribution in [3.8, 4) is 11.1 Å². The highest BCUT2D eigenvalue weighted by Crippen LogP contribution is 2.29. The van der Waals surface area contributed by atoms with Crippen LogP contribution in [-0.2, 0) is 23.1 Å². The summed E-state index contributed by atoms with van der Waals surface area (Å²) >= 11 is 1.32. The summed E-state index contributed by atoms with van der Waals surface area (Å²) < 4.78 is 1.79. The van der Waals surface area contributed by atoms with Gasteiger partial charge in [0.25, 0.3) is 0 Å². The van der Waals surface area contributed by atoms with Crippen LogP contribution >= 0.6 is 11.8 Å². The first-order valence-electron chi connectivity index (χ1n) is 9.24. The summed E-state index contributed by atoms with van der Waals surface area (Å²) in [5.41, 5.74) is 7.95. The number of amides is 2. The summed E-state index contributed by atoms with van der Waals surface area (Å²) in [5, 5.41) is 11.5. The van der Waals surface area contributed by atoms with Crippen molar-refractivity contribution in [2.24, 2.45) is 12.8 Å². The van der Waals surface area contributed by atoms with Gasteiger partial charge in [0, 0.05) is 31.1 Å². The van der Waals surface area contributed by atoms with Gasteiger partial charge in [-0.15, -0.1) is 10.2 Å². The number of nitrogens with one attached hydrogen (secondary N) is 1. The van der Waals surface area contributed by atoms with E-state index < -0.39 is 0 Å². The maximum Gasteiger partial charge on any atom is 0.237 e. The van der Waals surface area contributed by atoms with Gasteiger partial charge >= 0.3 is 0 Å². The first kappa shape index (κ1) is 20.6. The van der Waals surface area contributed by atoms with E-state index in [2.05, 4.69) is 15.5 Å². The third-order valence-electron chi connectivity index (χ3n) is 4.44. The normalized spacial score (nSPS) is 11.8. The summed E-state index contributed by atoms with van der Waals surface area (Å²) in [6.07, 6.45) is 0.632. The maximum absolute atomic E-state index is 12.8. The van der Waals surface area contributed by atoms with Crippen LogP contribution in [0.1, 0.15) is 19.2 Å². The monoisotopic (exact) mass is 409 g/mol. The SMILES string of the molecule is C[C@@H](Sc1nnc(CCC(N)=O)n1C)C(=O)Nc1ccccc1-c1ccccc1. The Kier molecular flexibility index (Phi) is 6.66. The smallest absolute Gasteiger partial charge is 0.237 e. The lowest BCUT2D eigenvalue weighted by molar-refractivity contribution is -0.118. The molecule has 0 radical (unpaired) electrons. The van der Waals surface area contributed by atoms with Gasteiger partial charge in [-0.2, -0.15) is 0 Å². The van der Waals surface area contributed by atoms with Crippen LogP contribution in [0.25, 0.3) is 11.1 Å². The number of primary amides is 1. The summed E-state index contributed by atoms with van der Waals surface area (Å²) in [6, 6.07) is 17.6. The fourth-order valence-electron chi connectivity index (χ4n) is 2.81. The van der Waals surface area contributed by atoms with E-state index >= 15 is 0 Å². The second-order valence-electron chi connectivity index (χ2n) is 6.59. The van der Waals surface area contributed by atoms with E-state index in [4.69, 9.17) is 5.73 Å². The molecule has 0 bridgehead atoms. The summed E-state index contributed by atoms with van der Waals surface area (Å²) in [6.45, 7) is 1.82. The van der Waals surface area contributed by atoms with Crippen molar-refractivity contribution in [2.75, 3.05) is 5.32 Å². The average molecular weight is 410 g/mol. The van der Waals surface area contributed by atoms with Gasteiger partial charge in [-0.05, 0) is 18.6 Å². The molecule has 1 aromatic heterocycles. The molecule has 0 aliphatic heterocycles. The van der Waals surface area contributed by atoms with Crippen molar-refractivity contribution < 1.29 is 9.59 Å². The Morgan fingerprint density at radius 1 is 1.10 bits per heavy atom. The number of nitrogens with zero attached hydrogens (tertiary/aromatic N) is 3. The predicted molar refractivity (Wildman–Crippen MR) is 114 cm³/mol. The zero-order valence-electron chi connectivity index (χ0n) is 16.3. The van der Waals surface area contributed by atoms with Gasteiger partial charge < -0.3 is 15.6 Å². The Morgan fingerprint density at radius 3 is 2.52 bits per heavy atom. The first-order valence-corrected chi connectivity index (χ1v) is 10.1. The van der Waals surface area contributed by atoms with Crippen LogP contribution in [0.5, 0.6) is 0 Å². The molecule has 3 rings (SSSR count). The zero-order chi connectivity index (χ0) is 20.8. The summed E-state index contributed by atoms with van der Waals surface area (Å²) in [7, 11) is 1.81. The van der Waals surface area contributed by atoms with Gasteiger partial charge in [-0.3, -0.25) is 9.59 Å².